The van der Waals surface area contributed by atoms with E-state index in [1.165, 1.54) is 26.4 Å². The van der Waals surface area contributed by atoms with E-state index in [1.54, 1.807) is 12.1 Å². The zero-order chi connectivity index (χ0) is 17.4. The topological polar surface area (TPSA) is 77.9 Å². The molecular weight excluding hydrogens is 446 g/mol. The van der Waals surface area contributed by atoms with E-state index in [0.717, 1.165) is 0 Å². The first kappa shape index (κ1) is 16.8. The summed E-state index contributed by atoms with van der Waals surface area (Å²) in [5.74, 6) is 0.745. The lowest BCUT2D eigenvalue weighted by Crippen LogP contribution is -1.99. The smallest absolute Gasteiger partial charge is 0.257 e. The molecule has 0 unspecified atom stereocenters. The van der Waals surface area contributed by atoms with Gasteiger partial charge in [-0.05, 0) is 50.1 Å². The number of allylic oxidation sites excluding steroid dienone is 1. The molecule has 0 spiro atoms. The number of ketones is 1. The summed E-state index contributed by atoms with van der Waals surface area (Å²) in [5, 5.41) is 9.58. The Bertz CT molecular complexity index is 879. The molecule has 1 N–H and O–H groups in total. The number of ether oxygens (including phenoxy) is 3. The lowest BCUT2D eigenvalue weighted by atomic mass is 10.1. The van der Waals surface area contributed by atoms with Gasteiger partial charge in [0.2, 0.25) is 5.78 Å². The van der Waals surface area contributed by atoms with Crippen molar-refractivity contribution < 1.29 is 24.1 Å². The highest BCUT2D eigenvalue weighted by molar-refractivity contribution is 9.11. The van der Waals surface area contributed by atoms with Crippen molar-refractivity contribution in [3.8, 4) is 23.1 Å². The molecule has 1 aliphatic rings. The second-order valence-corrected chi connectivity index (χ2v) is 6.43. The average Bonchev–Trinajstić information content (AvgIpc) is 2.86. The third kappa shape index (κ3) is 2.76. The lowest BCUT2D eigenvalue weighted by Gasteiger charge is -2.08. The molecule has 0 fully saturated rings. The highest BCUT2D eigenvalue weighted by atomic mass is 79.9. The zero-order valence-corrected chi connectivity index (χ0v) is 15.8. The van der Waals surface area contributed by atoms with Crippen LogP contribution in [0, 0.1) is 0 Å². The van der Waals surface area contributed by atoms with E-state index in [2.05, 4.69) is 36.8 Å². The van der Waals surface area contributed by atoms with Gasteiger partial charge in [0.15, 0.2) is 23.0 Å². The van der Waals surface area contributed by atoms with Crippen LogP contribution in [0.3, 0.4) is 0 Å². The number of benzene rings is 1. The van der Waals surface area contributed by atoms with Crippen molar-refractivity contribution in [3.05, 3.63) is 44.2 Å². The maximum absolute atomic E-state index is 12.5. The summed E-state index contributed by atoms with van der Waals surface area (Å²) >= 11 is 6.75. The van der Waals surface area contributed by atoms with Crippen molar-refractivity contribution in [2.24, 2.45) is 0 Å². The maximum Gasteiger partial charge on any atom is 0.257 e. The minimum absolute atomic E-state index is 0.0675. The number of rotatable bonds is 3. The molecule has 124 valence electrons. The van der Waals surface area contributed by atoms with Crippen LogP contribution in [0.5, 0.6) is 23.1 Å². The molecule has 0 amide bonds. The van der Waals surface area contributed by atoms with Crippen LogP contribution in [0.4, 0.5) is 0 Å². The van der Waals surface area contributed by atoms with E-state index in [4.69, 9.17) is 14.2 Å². The number of hydrogen-bond acceptors (Lipinski definition) is 6. The van der Waals surface area contributed by atoms with E-state index in [9.17, 15) is 9.90 Å². The average molecular weight is 457 g/mol. The van der Waals surface area contributed by atoms with Crippen molar-refractivity contribution in [1.82, 2.24) is 4.98 Å². The van der Waals surface area contributed by atoms with Crippen LogP contribution < -0.4 is 14.2 Å². The molecule has 1 aliphatic heterocycles. The van der Waals surface area contributed by atoms with Crippen LogP contribution in [-0.4, -0.2) is 30.1 Å². The number of methoxy groups -OCH3 is 2. The Morgan fingerprint density at radius 3 is 2.67 bits per heavy atom. The van der Waals surface area contributed by atoms with Gasteiger partial charge in [0.25, 0.3) is 5.88 Å². The zero-order valence-electron chi connectivity index (χ0n) is 12.6. The van der Waals surface area contributed by atoms with Crippen molar-refractivity contribution >= 4 is 43.7 Å². The number of pyridine rings is 1. The van der Waals surface area contributed by atoms with Gasteiger partial charge in [-0.2, -0.15) is 0 Å². The van der Waals surface area contributed by atoms with Crippen LogP contribution in [-0.2, 0) is 0 Å². The summed E-state index contributed by atoms with van der Waals surface area (Å²) in [6.45, 7) is 0. The van der Waals surface area contributed by atoms with E-state index in [-0.39, 0.29) is 23.2 Å². The summed E-state index contributed by atoms with van der Waals surface area (Å²) in [6.07, 6.45) is 1.48. The van der Waals surface area contributed by atoms with E-state index in [0.29, 0.717) is 31.7 Å². The van der Waals surface area contributed by atoms with Crippen LogP contribution in [0.25, 0.3) is 6.08 Å². The van der Waals surface area contributed by atoms with Crippen LogP contribution in [0.15, 0.2) is 32.9 Å². The van der Waals surface area contributed by atoms with Gasteiger partial charge in [0.05, 0.1) is 29.9 Å². The first-order valence-corrected chi connectivity index (χ1v) is 8.29. The number of aromatic nitrogens is 1. The molecule has 6 nitrogen and oxygen atoms in total. The second kappa shape index (κ2) is 6.45. The molecule has 1 aromatic heterocycles. The largest absolute Gasteiger partial charge is 0.503 e. The Kier molecular flexibility index (Phi) is 4.51. The first-order chi connectivity index (χ1) is 11.5. The number of aromatic hydroxyl groups is 1. The SMILES string of the molecule is COc1nc(/C=C2\Oc3c(cc(Br)c(OC)c3Br)C2=O)ccc1O. The molecule has 0 radical (unpaired) electrons. The van der Waals surface area contributed by atoms with Gasteiger partial charge in [-0.25, -0.2) is 4.98 Å². The molecule has 24 heavy (non-hydrogen) atoms. The van der Waals surface area contributed by atoms with Crippen molar-refractivity contribution in [2.45, 2.75) is 0 Å². The normalized spacial score (nSPS) is 14.5. The number of carbonyl (C=O) groups excluding carboxylic acids is 1. The third-order valence-electron chi connectivity index (χ3n) is 3.35. The molecule has 8 heteroatoms. The number of hydrogen-bond donors (Lipinski definition) is 1. The molecule has 2 heterocycles. The Hall–Kier alpha value is -2.06. The van der Waals surface area contributed by atoms with Gasteiger partial charge in [-0.15, -0.1) is 0 Å². The van der Waals surface area contributed by atoms with E-state index >= 15 is 0 Å². The summed E-state index contributed by atoms with van der Waals surface area (Å²) in [5.41, 5.74) is 0.828. The predicted molar refractivity (Wildman–Crippen MR) is 93.8 cm³/mol. The maximum atomic E-state index is 12.5. The number of Topliss-reactive ketones (excluding diaryl/α,β-unsaturated/α-hetero) is 1. The molecular formula is C16H11Br2NO5. The monoisotopic (exact) mass is 455 g/mol. The number of carbonyl (C=O) groups is 1. The quantitative estimate of drug-likeness (QED) is 0.704. The standard InChI is InChI=1S/C16H11Br2NO5/c1-22-15-9(17)6-8-13(21)11(24-14(8)12(15)18)5-7-3-4-10(20)16(19-7)23-2/h3-6,20H,1-2H3/b11-5-. The molecule has 3 rings (SSSR count). The predicted octanol–water partition coefficient (Wildman–Crippen LogP) is 3.95. The van der Waals surface area contributed by atoms with Gasteiger partial charge >= 0.3 is 0 Å². The summed E-state index contributed by atoms with van der Waals surface area (Å²) < 4.78 is 17.1. The molecule has 0 atom stereocenters. The van der Waals surface area contributed by atoms with Gasteiger partial charge in [-0.3, -0.25) is 4.79 Å². The van der Waals surface area contributed by atoms with Crippen LogP contribution >= 0.6 is 31.9 Å². The second-order valence-electron chi connectivity index (χ2n) is 4.79. The summed E-state index contributed by atoms with van der Waals surface area (Å²) in [4.78, 5) is 16.6. The Morgan fingerprint density at radius 2 is 2.00 bits per heavy atom. The van der Waals surface area contributed by atoms with Crippen molar-refractivity contribution in [1.29, 1.82) is 0 Å². The van der Waals surface area contributed by atoms with Crippen molar-refractivity contribution in [3.63, 3.8) is 0 Å². The number of nitrogens with zero attached hydrogens (tertiary/aromatic N) is 1. The Morgan fingerprint density at radius 1 is 1.25 bits per heavy atom. The fourth-order valence-electron chi connectivity index (χ4n) is 2.24. The highest BCUT2D eigenvalue weighted by Gasteiger charge is 2.32. The Labute approximate surface area is 154 Å². The summed E-state index contributed by atoms with van der Waals surface area (Å²) in [6, 6.07) is 4.63. The molecule has 2 aromatic rings. The van der Waals surface area contributed by atoms with Crippen LogP contribution in [0.1, 0.15) is 16.1 Å². The lowest BCUT2D eigenvalue weighted by molar-refractivity contribution is 0.101. The van der Waals surface area contributed by atoms with E-state index < -0.39 is 0 Å². The van der Waals surface area contributed by atoms with Gasteiger partial charge in [0.1, 0.15) is 4.47 Å². The van der Waals surface area contributed by atoms with Gasteiger partial charge < -0.3 is 19.3 Å². The molecule has 0 saturated heterocycles. The van der Waals surface area contributed by atoms with Gasteiger partial charge in [-0.1, -0.05) is 0 Å². The fourth-order valence-corrected chi connectivity index (χ4v) is 3.76. The van der Waals surface area contributed by atoms with Gasteiger partial charge in [0, 0.05) is 6.08 Å². The van der Waals surface area contributed by atoms with E-state index in [1.807, 2.05) is 0 Å². The third-order valence-corrected chi connectivity index (χ3v) is 4.66. The fraction of sp³-hybridized carbons (Fsp3) is 0.125. The minimum atomic E-state index is -0.275. The molecule has 0 bridgehead atoms. The molecule has 1 aromatic carbocycles. The first-order valence-electron chi connectivity index (χ1n) is 6.70. The number of halogens is 2. The molecule has 0 saturated carbocycles. The Balaban J connectivity index is 2.03. The highest BCUT2D eigenvalue weighted by Crippen LogP contribution is 2.47. The minimum Gasteiger partial charge on any atom is -0.503 e. The van der Waals surface area contributed by atoms with Crippen LogP contribution in [0.2, 0.25) is 0 Å². The molecule has 0 aliphatic carbocycles. The van der Waals surface area contributed by atoms with Crippen molar-refractivity contribution in [2.75, 3.05) is 14.2 Å². The number of fused-ring (bicyclic) bond motifs is 1. The summed E-state index contributed by atoms with van der Waals surface area (Å²) in [7, 11) is 2.92.